The Balaban J connectivity index is 1.67. The number of benzene rings is 2. The molecule has 7 nitrogen and oxygen atoms in total. The maximum absolute atomic E-state index is 14.2. The fraction of sp³-hybridized carbons (Fsp3) is 0.355. The molecule has 1 fully saturated rings. The summed E-state index contributed by atoms with van der Waals surface area (Å²) in [6.45, 7) is 7.76. The number of anilines is 1. The molecule has 0 spiro atoms. The SMILES string of the molecule is CCc1c(C)cc2c(c1OC)C(=O)c1c(O)cc3c(c1C2=O)N[C@H]1C#C/C=C\C#C[C@H](O)[C@@]32O[C@@]12C(C)C. The van der Waals surface area contributed by atoms with Gasteiger partial charge < -0.3 is 25.0 Å². The van der Waals surface area contributed by atoms with Crippen molar-refractivity contribution in [3.05, 3.63) is 63.2 Å². The first-order valence-corrected chi connectivity index (χ1v) is 12.7. The van der Waals surface area contributed by atoms with E-state index in [1.165, 1.54) is 13.2 Å². The Hall–Kier alpha value is -4.04. The number of ketones is 2. The summed E-state index contributed by atoms with van der Waals surface area (Å²) in [6, 6.07) is 2.51. The summed E-state index contributed by atoms with van der Waals surface area (Å²) < 4.78 is 12.1. The third-order valence-electron chi connectivity index (χ3n) is 8.32. The minimum absolute atomic E-state index is 0.0370. The van der Waals surface area contributed by atoms with Crippen LogP contribution in [0.3, 0.4) is 0 Å². The zero-order valence-electron chi connectivity index (χ0n) is 21.8. The molecule has 2 aliphatic carbocycles. The van der Waals surface area contributed by atoms with E-state index in [4.69, 9.17) is 9.47 Å². The highest BCUT2D eigenvalue weighted by molar-refractivity contribution is 6.32. The topological polar surface area (TPSA) is 108 Å². The van der Waals surface area contributed by atoms with E-state index in [0.717, 1.165) is 11.1 Å². The largest absolute Gasteiger partial charge is 0.507 e. The van der Waals surface area contributed by atoms with Gasteiger partial charge in [-0.15, -0.1) is 0 Å². The number of nitrogens with one attached hydrogen (secondary N) is 1. The zero-order chi connectivity index (χ0) is 27.1. The molecule has 0 saturated carbocycles. The van der Waals surface area contributed by atoms with E-state index in [1.807, 2.05) is 27.7 Å². The van der Waals surface area contributed by atoms with Gasteiger partial charge in [-0.05, 0) is 54.7 Å². The zero-order valence-corrected chi connectivity index (χ0v) is 21.8. The van der Waals surface area contributed by atoms with Gasteiger partial charge in [-0.3, -0.25) is 9.59 Å². The van der Waals surface area contributed by atoms with E-state index < -0.39 is 34.9 Å². The number of epoxide rings is 1. The maximum atomic E-state index is 14.2. The number of ether oxygens (including phenoxy) is 2. The molecule has 0 amide bonds. The lowest BCUT2D eigenvalue weighted by Crippen LogP contribution is -2.52. The van der Waals surface area contributed by atoms with Gasteiger partial charge in [0.2, 0.25) is 5.78 Å². The van der Waals surface area contributed by atoms with Gasteiger partial charge in [0, 0.05) is 11.1 Å². The number of aliphatic hydroxyl groups is 1. The number of phenols is 1. The molecule has 2 heterocycles. The molecule has 2 aromatic rings. The van der Waals surface area contributed by atoms with Gasteiger partial charge in [0.05, 0.1) is 29.5 Å². The molecule has 2 aliphatic heterocycles. The maximum Gasteiger partial charge on any atom is 0.202 e. The number of aliphatic hydroxyl groups excluding tert-OH is 1. The van der Waals surface area contributed by atoms with Crippen LogP contribution in [0.25, 0.3) is 0 Å². The molecular formula is C31H27NO6. The Morgan fingerprint density at radius 2 is 1.82 bits per heavy atom. The smallest absolute Gasteiger partial charge is 0.202 e. The molecule has 4 aliphatic rings. The highest BCUT2D eigenvalue weighted by atomic mass is 16.6. The molecule has 2 bridgehead atoms. The number of fused-ring (bicyclic) bond motifs is 4. The Morgan fingerprint density at radius 3 is 2.47 bits per heavy atom. The highest BCUT2D eigenvalue weighted by Crippen LogP contribution is 2.68. The fourth-order valence-corrected chi connectivity index (χ4v) is 6.64. The lowest BCUT2D eigenvalue weighted by atomic mass is 9.67. The van der Waals surface area contributed by atoms with Gasteiger partial charge in [0.1, 0.15) is 23.1 Å². The summed E-state index contributed by atoms with van der Waals surface area (Å²) in [6.07, 6.45) is 2.49. The van der Waals surface area contributed by atoms with Crippen LogP contribution in [0.4, 0.5) is 5.69 Å². The highest BCUT2D eigenvalue weighted by Gasteiger charge is 2.81. The van der Waals surface area contributed by atoms with E-state index >= 15 is 0 Å². The van der Waals surface area contributed by atoms with Crippen molar-refractivity contribution in [2.75, 3.05) is 12.4 Å². The van der Waals surface area contributed by atoms with Crippen LogP contribution in [0, 0.1) is 36.5 Å². The first kappa shape index (κ1) is 24.3. The van der Waals surface area contributed by atoms with Crippen LogP contribution in [-0.2, 0) is 16.8 Å². The van der Waals surface area contributed by atoms with Crippen molar-refractivity contribution in [2.45, 2.75) is 57.5 Å². The normalized spacial score (nSPS) is 28.3. The number of aryl methyl sites for hydroxylation is 1. The minimum Gasteiger partial charge on any atom is -0.507 e. The number of methoxy groups -OCH3 is 1. The number of rotatable bonds is 3. The molecule has 0 radical (unpaired) electrons. The lowest BCUT2D eigenvalue weighted by Gasteiger charge is -2.38. The van der Waals surface area contributed by atoms with E-state index in [2.05, 4.69) is 29.0 Å². The fourth-order valence-electron chi connectivity index (χ4n) is 6.64. The first-order valence-electron chi connectivity index (χ1n) is 12.7. The second-order valence-corrected chi connectivity index (χ2v) is 10.4. The van der Waals surface area contributed by atoms with Crippen LogP contribution in [0.15, 0.2) is 24.3 Å². The summed E-state index contributed by atoms with van der Waals surface area (Å²) in [4.78, 5) is 28.1. The van der Waals surface area contributed by atoms with E-state index in [9.17, 15) is 19.8 Å². The van der Waals surface area contributed by atoms with Crippen molar-refractivity contribution in [1.29, 1.82) is 0 Å². The van der Waals surface area contributed by atoms with E-state index in [-0.39, 0.29) is 33.9 Å². The summed E-state index contributed by atoms with van der Waals surface area (Å²) >= 11 is 0. The molecule has 0 aromatic heterocycles. The summed E-state index contributed by atoms with van der Waals surface area (Å²) in [5.74, 6) is 10.7. The van der Waals surface area contributed by atoms with Crippen molar-refractivity contribution in [1.82, 2.24) is 0 Å². The van der Waals surface area contributed by atoms with Crippen LogP contribution in [0.2, 0.25) is 0 Å². The van der Waals surface area contributed by atoms with Gasteiger partial charge in [-0.25, -0.2) is 0 Å². The van der Waals surface area contributed by atoms with Crippen LogP contribution < -0.4 is 10.1 Å². The lowest BCUT2D eigenvalue weighted by molar-refractivity contribution is 0.0972. The molecule has 3 N–H and O–H groups in total. The van der Waals surface area contributed by atoms with Crippen molar-refractivity contribution in [3.63, 3.8) is 0 Å². The first-order chi connectivity index (χ1) is 18.1. The van der Waals surface area contributed by atoms with Gasteiger partial charge in [-0.1, -0.05) is 44.5 Å². The third-order valence-corrected chi connectivity index (χ3v) is 8.32. The second-order valence-electron chi connectivity index (χ2n) is 10.4. The number of hydrogen-bond donors (Lipinski definition) is 3. The van der Waals surface area contributed by atoms with E-state index in [0.29, 0.717) is 23.4 Å². The number of phenolic OH excluding ortho intramolecular Hbond substituents is 1. The number of carbonyl (C=O) groups excluding carboxylic acids is 2. The van der Waals surface area contributed by atoms with Gasteiger partial charge >= 0.3 is 0 Å². The van der Waals surface area contributed by atoms with Gasteiger partial charge in [-0.2, -0.15) is 0 Å². The van der Waals surface area contributed by atoms with Crippen molar-refractivity contribution < 1.29 is 29.3 Å². The molecule has 2 aromatic carbocycles. The monoisotopic (exact) mass is 509 g/mol. The molecule has 6 rings (SSSR count). The van der Waals surface area contributed by atoms with Crippen LogP contribution in [-0.4, -0.2) is 46.6 Å². The predicted octanol–water partition coefficient (Wildman–Crippen LogP) is 3.40. The average molecular weight is 510 g/mol. The van der Waals surface area contributed by atoms with Crippen LogP contribution in [0.5, 0.6) is 11.5 Å². The Morgan fingerprint density at radius 1 is 1.11 bits per heavy atom. The van der Waals surface area contributed by atoms with Crippen LogP contribution in [0.1, 0.15) is 69.3 Å². The predicted molar refractivity (Wildman–Crippen MR) is 141 cm³/mol. The van der Waals surface area contributed by atoms with Crippen molar-refractivity contribution in [3.8, 4) is 35.2 Å². The molecule has 1 saturated heterocycles. The standard InChI is InChI=1S/C31H27NO6/c1-6-17-16(4)13-18-23(29(17)37-5)28(36)24-20(33)14-19-26(25(24)27(18)35)32-21-11-9-7-8-10-12-22(34)31(19)30(21,38-31)15(2)3/h7-8,13-15,21-22,32-34H,6H2,1-5H3/b8-7-/t21-,22-,30-,31-/m0/s1. The third kappa shape index (κ3) is 2.73. The van der Waals surface area contributed by atoms with Crippen molar-refractivity contribution in [2.24, 2.45) is 5.92 Å². The number of aromatic hydroxyl groups is 1. The summed E-state index contributed by atoms with van der Waals surface area (Å²) in [7, 11) is 1.47. The van der Waals surface area contributed by atoms with Crippen molar-refractivity contribution >= 4 is 17.3 Å². The minimum atomic E-state index is -1.35. The van der Waals surface area contributed by atoms with Crippen LogP contribution >= 0.6 is 0 Å². The number of allylic oxidation sites excluding steroid dienone is 2. The van der Waals surface area contributed by atoms with Gasteiger partial charge in [0.25, 0.3) is 0 Å². The molecule has 38 heavy (non-hydrogen) atoms. The molecule has 0 unspecified atom stereocenters. The average Bonchev–Trinajstić information content (AvgIpc) is 3.62. The molecule has 7 heteroatoms. The Bertz CT molecular complexity index is 1630. The molecule has 4 atom stereocenters. The Labute approximate surface area is 220 Å². The molecule has 192 valence electrons. The molecular weight excluding hydrogens is 482 g/mol. The van der Waals surface area contributed by atoms with Gasteiger partial charge in [0.15, 0.2) is 17.5 Å². The Kier molecular flexibility index (Phi) is 5.10. The second kappa shape index (κ2) is 7.98. The summed E-state index contributed by atoms with van der Waals surface area (Å²) in [5, 5.41) is 26.0. The quantitative estimate of drug-likeness (QED) is 0.282. The van der Waals surface area contributed by atoms with E-state index in [1.54, 1.807) is 18.2 Å². The number of carbonyl (C=O) groups is 2. The summed E-state index contributed by atoms with van der Waals surface area (Å²) in [5.41, 5.74) is 0.326. The number of hydrogen-bond acceptors (Lipinski definition) is 7.